The molecule has 0 spiro atoms. The number of carbonyl (C=O) groups excluding carboxylic acids is 1. The van der Waals surface area contributed by atoms with Gasteiger partial charge < -0.3 is 15.8 Å². The molecule has 7 heteroatoms. The van der Waals surface area contributed by atoms with E-state index in [-0.39, 0.29) is 42.7 Å². The number of rotatable bonds is 8. The molecule has 1 aromatic heterocycles. The van der Waals surface area contributed by atoms with Crippen LogP contribution in [-0.2, 0) is 9.53 Å². The van der Waals surface area contributed by atoms with Crippen molar-refractivity contribution in [3.63, 3.8) is 0 Å². The first-order valence-corrected chi connectivity index (χ1v) is 6.98. The molecule has 1 amide bonds. The summed E-state index contributed by atoms with van der Waals surface area (Å²) < 4.78 is 5.11. The number of nitrogens with one attached hydrogen (secondary N) is 1. The molecule has 2 unspecified atom stereocenters. The third kappa shape index (κ3) is 7.94. The van der Waals surface area contributed by atoms with E-state index in [0.717, 1.165) is 5.56 Å². The molecule has 22 heavy (non-hydrogen) atoms. The van der Waals surface area contributed by atoms with Gasteiger partial charge in [0.15, 0.2) is 0 Å². The van der Waals surface area contributed by atoms with Crippen molar-refractivity contribution in [3.05, 3.63) is 30.1 Å². The number of pyridine rings is 1. The van der Waals surface area contributed by atoms with Crippen LogP contribution < -0.4 is 11.1 Å². The van der Waals surface area contributed by atoms with Gasteiger partial charge in [-0.2, -0.15) is 0 Å². The number of nitrogens with two attached hydrogens (primary N) is 1. The van der Waals surface area contributed by atoms with Gasteiger partial charge in [-0.05, 0) is 17.5 Å². The van der Waals surface area contributed by atoms with Crippen LogP contribution in [0.1, 0.15) is 31.7 Å². The largest absolute Gasteiger partial charge is 0.380 e. The number of methoxy groups -OCH3 is 1. The molecule has 0 aliphatic heterocycles. The quantitative estimate of drug-likeness (QED) is 0.752. The fourth-order valence-corrected chi connectivity index (χ4v) is 2.10. The lowest BCUT2D eigenvalue weighted by atomic mass is 9.89. The van der Waals surface area contributed by atoms with E-state index in [1.165, 1.54) is 0 Å². The highest BCUT2D eigenvalue weighted by Crippen LogP contribution is 2.22. The van der Waals surface area contributed by atoms with Gasteiger partial charge >= 0.3 is 0 Å². The van der Waals surface area contributed by atoms with Crippen LogP contribution in [0.5, 0.6) is 0 Å². The normalized spacial score (nSPS) is 12.8. The number of hydrogen-bond acceptors (Lipinski definition) is 4. The molecule has 1 aromatic rings. The third-order valence-corrected chi connectivity index (χ3v) is 3.45. The van der Waals surface area contributed by atoms with E-state index in [9.17, 15) is 4.79 Å². The van der Waals surface area contributed by atoms with Gasteiger partial charge in [0.05, 0.1) is 12.5 Å². The van der Waals surface area contributed by atoms with Crippen molar-refractivity contribution in [3.8, 4) is 0 Å². The highest BCUT2D eigenvalue weighted by molar-refractivity contribution is 5.85. The van der Waals surface area contributed by atoms with Gasteiger partial charge in [-0.25, -0.2) is 0 Å². The second kappa shape index (κ2) is 12.6. The molecule has 5 nitrogen and oxygen atoms in total. The number of aromatic nitrogens is 1. The Kier molecular flexibility index (Phi) is 13.4. The molecular formula is C15H27Cl2N3O2. The maximum absolute atomic E-state index is 11.9. The van der Waals surface area contributed by atoms with Crippen LogP contribution in [0.2, 0.25) is 0 Å². The van der Waals surface area contributed by atoms with Crippen LogP contribution in [0.4, 0.5) is 0 Å². The molecule has 0 aliphatic carbocycles. The molecule has 0 radical (unpaired) electrons. The number of halogens is 2. The average molecular weight is 352 g/mol. The van der Waals surface area contributed by atoms with Crippen molar-refractivity contribution in [2.24, 2.45) is 11.7 Å². The van der Waals surface area contributed by atoms with Crippen LogP contribution in [0.15, 0.2) is 24.5 Å². The Balaban J connectivity index is 0. The summed E-state index contributed by atoms with van der Waals surface area (Å²) >= 11 is 0. The first-order chi connectivity index (χ1) is 9.58. The molecular weight excluding hydrogens is 325 g/mol. The lowest BCUT2D eigenvalue weighted by Crippen LogP contribution is -2.35. The molecule has 1 heterocycles. The van der Waals surface area contributed by atoms with Crippen LogP contribution in [0.25, 0.3) is 0 Å². The van der Waals surface area contributed by atoms with E-state index in [2.05, 4.69) is 24.1 Å². The summed E-state index contributed by atoms with van der Waals surface area (Å²) in [6, 6.07) is 3.96. The Hall–Kier alpha value is -0.880. The Morgan fingerprint density at radius 2 is 2.09 bits per heavy atom. The fourth-order valence-electron chi connectivity index (χ4n) is 2.10. The van der Waals surface area contributed by atoms with Gasteiger partial charge in [0.2, 0.25) is 5.91 Å². The summed E-state index contributed by atoms with van der Waals surface area (Å²) in [6.07, 6.45) is 3.69. The monoisotopic (exact) mass is 351 g/mol. The minimum atomic E-state index is -0.217. The number of nitrogens with zero attached hydrogens (tertiary/aromatic N) is 1. The SMILES string of the molecule is COC(CN)CC(=O)NCC(c1cccnc1)C(C)C.Cl.Cl. The molecule has 0 saturated heterocycles. The molecule has 0 fully saturated rings. The zero-order chi connectivity index (χ0) is 15.0. The van der Waals surface area contributed by atoms with E-state index in [4.69, 9.17) is 10.5 Å². The van der Waals surface area contributed by atoms with Gasteiger partial charge in [0.25, 0.3) is 0 Å². The van der Waals surface area contributed by atoms with E-state index < -0.39 is 0 Å². The number of ether oxygens (including phenoxy) is 1. The van der Waals surface area contributed by atoms with Crippen LogP contribution in [0, 0.1) is 5.92 Å². The standard InChI is InChI=1S/C15H25N3O2.2ClH/c1-11(2)14(12-5-4-6-17-9-12)10-18-15(19)7-13(8-16)20-3;;/h4-6,9,11,13-14H,7-8,10,16H2,1-3H3,(H,18,19);2*1H. The lowest BCUT2D eigenvalue weighted by molar-refractivity contribution is -0.123. The summed E-state index contributed by atoms with van der Waals surface area (Å²) in [6.45, 7) is 5.23. The van der Waals surface area contributed by atoms with Crippen molar-refractivity contribution in [2.45, 2.75) is 32.3 Å². The summed E-state index contributed by atoms with van der Waals surface area (Å²) in [5.74, 6) is 0.649. The van der Waals surface area contributed by atoms with Crippen molar-refractivity contribution in [2.75, 3.05) is 20.2 Å². The van der Waals surface area contributed by atoms with Crippen molar-refractivity contribution in [1.29, 1.82) is 0 Å². The highest BCUT2D eigenvalue weighted by atomic mass is 35.5. The number of hydrogen-bond donors (Lipinski definition) is 2. The van der Waals surface area contributed by atoms with E-state index >= 15 is 0 Å². The predicted molar refractivity (Wildman–Crippen MR) is 93.8 cm³/mol. The summed E-state index contributed by atoms with van der Waals surface area (Å²) in [7, 11) is 1.57. The summed E-state index contributed by atoms with van der Waals surface area (Å²) in [4.78, 5) is 16.0. The maximum atomic E-state index is 11.9. The Morgan fingerprint density at radius 1 is 1.41 bits per heavy atom. The van der Waals surface area contributed by atoms with Gasteiger partial charge in [0, 0.05) is 38.5 Å². The Morgan fingerprint density at radius 3 is 2.55 bits per heavy atom. The van der Waals surface area contributed by atoms with Crippen LogP contribution >= 0.6 is 24.8 Å². The van der Waals surface area contributed by atoms with Crippen molar-refractivity contribution >= 4 is 30.7 Å². The van der Waals surface area contributed by atoms with Crippen molar-refractivity contribution < 1.29 is 9.53 Å². The van der Waals surface area contributed by atoms with Gasteiger partial charge in [0.1, 0.15) is 0 Å². The van der Waals surface area contributed by atoms with E-state index in [1.807, 2.05) is 18.3 Å². The molecule has 0 aromatic carbocycles. The molecule has 128 valence electrons. The zero-order valence-electron chi connectivity index (χ0n) is 13.3. The second-order valence-corrected chi connectivity index (χ2v) is 5.24. The Labute approximate surface area is 145 Å². The number of carbonyl (C=O) groups is 1. The summed E-state index contributed by atoms with van der Waals surface area (Å²) in [5, 5.41) is 2.96. The maximum Gasteiger partial charge on any atom is 0.222 e. The van der Waals surface area contributed by atoms with Crippen LogP contribution in [0.3, 0.4) is 0 Å². The van der Waals surface area contributed by atoms with Gasteiger partial charge in [-0.15, -0.1) is 24.8 Å². The minimum absolute atomic E-state index is 0. The highest BCUT2D eigenvalue weighted by Gasteiger charge is 2.18. The molecule has 0 saturated carbocycles. The average Bonchev–Trinajstić information content (AvgIpc) is 2.45. The molecule has 0 aliphatic rings. The van der Waals surface area contributed by atoms with Crippen molar-refractivity contribution in [1.82, 2.24) is 10.3 Å². The van der Waals surface area contributed by atoms with Gasteiger partial charge in [-0.1, -0.05) is 19.9 Å². The topological polar surface area (TPSA) is 77.2 Å². The molecule has 2 atom stereocenters. The first kappa shape index (κ1) is 23.4. The fraction of sp³-hybridized carbons (Fsp3) is 0.600. The predicted octanol–water partition coefficient (Wildman–Crippen LogP) is 2.14. The first-order valence-electron chi connectivity index (χ1n) is 6.98. The number of amides is 1. The zero-order valence-corrected chi connectivity index (χ0v) is 15.0. The molecule has 3 N–H and O–H groups in total. The van der Waals surface area contributed by atoms with E-state index in [0.29, 0.717) is 25.4 Å². The summed E-state index contributed by atoms with van der Waals surface area (Å²) in [5.41, 5.74) is 6.66. The third-order valence-electron chi connectivity index (χ3n) is 3.45. The van der Waals surface area contributed by atoms with E-state index in [1.54, 1.807) is 13.3 Å². The molecule has 1 rings (SSSR count). The smallest absolute Gasteiger partial charge is 0.222 e. The molecule has 0 bridgehead atoms. The van der Waals surface area contributed by atoms with Crippen LogP contribution in [-0.4, -0.2) is 37.2 Å². The van der Waals surface area contributed by atoms with Gasteiger partial charge in [-0.3, -0.25) is 9.78 Å². The second-order valence-electron chi connectivity index (χ2n) is 5.24. The Bertz CT molecular complexity index is 401. The lowest BCUT2D eigenvalue weighted by Gasteiger charge is -2.22. The minimum Gasteiger partial charge on any atom is -0.380 e.